The van der Waals surface area contributed by atoms with E-state index in [2.05, 4.69) is 15.5 Å². The Morgan fingerprint density at radius 1 is 1.47 bits per heavy atom. The highest BCUT2D eigenvalue weighted by atomic mass is 16.5. The van der Waals surface area contributed by atoms with Gasteiger partial charge in [-0.25, -0.2) is 0 Å². The van der Waals surface area contributed by atoms with Gasteiger partial charge in [0.25, 0.3) is 5.91 Å². The number of carbonyl (C=O) groups excluding carboxylic acids is 1. The molecule has 2 heterocycles. The fourth-order valence-corrected chi connectivity index (χ4v) is 1.70. The Morgan fingerprint density at radius 3 is 3.06 bits per heavy atom. The van der Waals surface area contributed by atoms with Gasteiger partial charge in [0.15, 0.2) is 0 Å². The molecule has 0 spiro atoms. The number of anilines is 1. The Balaban J connectivity index is 1.80. The normalized spacial score (nSPS) is 14.6. The van der Waals surface area contributed by atoms with E-state index in [1.54, 1.807) is 24.5 Å². The van der Waals surface area contributed by atoms with Crippen molar-refractivity contribution in [2.24, 2.45) is 0 Å². The van der Waals surface area contributed by atoms with Gasteiger partial charge in [0.1, 0.15) is 11.8 Å². The minimum atomic E-state index is -0.193. The lowest BCUT2D eigenvalue weighted by Crippen LogP contribution is -2.13. The van der Waals surface area contributed by atoms with E-state index in [-0.39, 0.29) is 5.91 Å². The quantitative estimate of drug-likeness (QED) is 0.876. The molecule has 1 amide bonds. The van der Waals surface area contributed by atoms with Crippen molar-refractivity contribution >= 4 is 11.6 Å². The molecule has 0 unspecified atom stereocenters. The van der Waals surface area contributed by atoms with Crippen LogP contribution in [0.25, 0.3) is 0 Å². The summed E-state index contributed by atoms with van der Waals surface area (Å²) in [5.41, 5.74) is 1.96. The van der Waals surface area contributed by atoms with Gasteiger partial charge in [0.2, 0.25) is 0 Å². The van der Waals surface area contributed by atoms with Crippen LogP contribution in [0.5, 0.6) is 0 Å². The van der Waals surface area contributed by atoms with Gasteiger partial charge >= 0.3 is 0 Å². The second kappa shape index (κ2) is 4.01. The molecular formula is C12H11N3O2. The summed E-state index contributed by atoms with van der Waals surface area (Å²) < 4.78 is 4.88. The van der Waals surface area contributed by atoms with Crippen LogP contribution in [-0.2, 0) is 0 Å². The van der Waals surface area contributed by atoms with Gasteiger partial charge < -0.3 is 9.84 Å². The van der Waals surface area contributed by atoms with Gasteiger partial charge in [0.05, 0.1) is 17.6 Å². The Kier molecular flexibility index (Phi) is 2.36. The van der Waals surface area contributed by atoms with E-state index in [0.717, 1.165) is 18.5 Å². The molecule has 0 saturated heterocycles. The smallest absolute Gasteiger partial charge is 0.260 e. The molecule has 2 aromatic rings. The van der Waals surface area contributed by atoms with E-state index >= 15 is 0 Å². The maximum Gasteiger partial charge on any atom is 0.260 e. The highest BCUT2D eigenvalue weighted by molar-refractivity contribution is 6.04. The fraction of sp³-hybridized carbons (Fsp3) is 0.250. The number of pyridine rings is 1. The van der Waals surface area contributed by atoms with Crippen molar-refractivity contribution in [2.75, 3.05) is 5.32 Å². The number of aromatic nitrogens is 2. The minimum Gasteiger partial charge on any atom is -0.364 e. The highest BCUT2D eigenvalue weighted by Crippen LogP contribution is 2.40. The van der Waals surface area contributed by atoms with E-state index in [1.165, 1.54) is 6.26 Å². The summed E-state index contributed by atoms with van der Waals surface area (Å²) in [5, 5.41) is 6.66. The predicted octanol–water partition coefficient (Wildman–Crippen LogP) is 2.20. The van der Waals surface area contributed by atoms with Crippen LogP contribution in [0.4, 0.5) is 5.69 Å². The third-order valence-electron chi connectivity index (χ3n) is 2.73. The first-order valence-corrected chi connectivity index (χ1v) is 5.50. The van der Waals surface area contributed by atoms with Crippen molar-refractivity contribution in [2.45, 2.75) is 18.8 Å². The molecular weight excluding hydrogens is 218 g/mol. The minimum absolute atomic E-state index is 0.193. The molecule has 0 radical (unpaired) electrons. The Hall–Kier alpha value is -2.17. The van der Waals surface area contributed by atoms with Crippen LogP contribution in [0.15, 0.2) is 35.3 Å². The summed E-state index contributed by atoms with van der Waals surface area (Å²) >= 11 is 0. The molecule has 0 atom stereocenters. The SMILES string of the molecule is O=C(Nc1cccnc1)c1conc1C1CC1. The van der Waals surface area contributed by atoms with Crippen LogP contribution in [0, 0.1) is 0 Å². The summed E-state index contributed by atoms with van der Waals surface area (Å²) in [5.74, 6) is 0.199. The first-order valence-electron chi connectivity index (χ1n) is 5.50. The molecule has 1 aliphatic carbocycles. The van der Waals surface area contributed by atoms with Gasteiger partial charge in [-0.15, -0.1) is 0 Å². The number of nitrogens with one attached hydrogen (secondary N) is 1. The second-order valence-electron chi connectivity index (χ2n) is 4.08. The van der Waals surface area contributed by atoms with Gasteiger partial charge in [-0.3, -0.25) is 9.78 Å². The number of hydrogen-bond acceptors (Lipinski definition) is 4. The molecule has 0 bridgehead atoms. The first kappa shape index (κ1) is 10.0. The Morgan fingerprint density at radius 2 is 2.35 bits per heavy atom. The highest BCUT2D eigenvalue weighted by Gasteiger charge is 2.31. The van der Waals surface area contributed by atoms with E-state index < -0.39 is 0 Å². The monoisotopic (exact) mass is 229 g/mol. The van der Waals surface area contributed by atoms with Crippen LogP contribution >= 0.6 is 0 Å². The molecule has 86 valence electrons. The van der Waals surface area contributed by atoms with Crippen molar-refractivity contribution in [3.63, 3.8) is 0 Å². The summed E-state index contributed by atoms with van der Waals surface area (Å²) in [4.78, 5) is 15.9. The summed E-state index contributed by atoms with van der Waals surface area (Å²) in [7, 11) is 0. The van der Waals surface area contributed by atoms with Gasteiger partial charge in [-0.2, -0.15) is 0 Å². The standard InChI is InChI=1S/C12H11N3O2/c16-12(14-9-2-1-5-13-6-9)10-7-17-15-11(10)8-3-4-8/h1-2,5-8H,3-4H2,(H,14,16). The van der Waals surface area contributed by atoms with Crippen molar-refractivity contribution in [3.8, 4) is 0 Å². The van der Waals surface area contributed by atoms with Crippen LogP contribution in [0.1, 0.15) is 34.8 Å². The molecule has 1 fully saturated rings. The zero-order valence-electron chi connectivity index (χ0n) is 9.09. The third-order valence-corrected chi connectivity index (χ3v) is 2.73. The van der Waals surface area contributed by atoms with E-state index in [0.29, 0.717) is 17.2 Å². The Bertz CT molecular complexity index is 532. The molecule has 2 aromatic heterocycles. The number of hydrogen-bond donors (Lipinski definition) is 1. The number of amides is 1. The van der Waals surface area contributed by atoms with Crippen molar-refractivity contribution < 1.29 is 9.32 Å². The van der Waals surface area contributed by atoms with E-state index in [9.17, 15) is 4.79 Å². The molecule has 5 nitrogen and oxygen atoms in total. The average Bonchev–Trinajstić information content (AvgIpc) is 3.08. The maximum absolute atomic E-state index is 12.0. The summed E-state index contributed by atoms with van der Waals surface area (Å²) in [6.45, 7) is 0. The van der Waals surface area contributed by atoms with Gasteiger partial charge in [-0.05, 0) is 25.0 Å². The van der Waals surface area contributed by atoms with Crippen molar-refractivity contribution in [3.05, 3.63) is 42.0 Å². The van der Waals surface area contributed by atoms with Crippen molar-refractivity contribution in [1.29, 1.82) is 0 Å². The lowest BCUT2D eigenvalue weighted by atomic mass is 10.1. The summed E-state index contributed by atoms with van der Waals surface area (Å²) in [6, 6.07) is 3.56. The summed E-state index contributed by atoms with van der Waals surface area (Å²) in [6.07, 6.45) is 6.83. The Labute approximate surface area is 97.8 Å². The second-order valence-corrected chi connectivity index (χ2v) is 4.08. The lowest BCUT2D eigenvalue weighted by molar-refractivity contribution is 0.102. The molecule has 3 rings (SSSR count). The molecule has 1 saturated carbocycles. The van der Waals surface area contributed by atoms with Gasteiger partial charge in [-0.1, -0.05) is 5.16 Å². The topological polar surface area (TPSA) is 68.0 Å². The molecule has 0 aromatic carbocycles. The molecule has 17 heavy (non-hydrogen) atoms. The molecule has 5 heteroatoms. The first-order chi connectivity index (χ1) is 8.34. The number of carbonyl (C=O) groups is 1. The zero-order valence-corrected chi connectivity index (χ0v) is 9.09. The lowest BCUT2D eigenvalue weighted by Gasteiger charge is -2.02. The molecule has 1 N–H and O–H groups in total. The van der Waals surface area contributed by atoms with Crippen molar-refractivity contribution in [1.82, 2.24) is 10.1 Å². The van der Waals surface area contributed by atoms with E-state index in [4.69, 9.17) is 4.52 Å². The van der Waals surface area contributed by atoms with E-state index in [1.807, 2.05) is 0 Å². The third kappa shape index (κ3) is 2.04. The zero-order chi connectivity index (χ0) is 11.7. The number of nitrogens with zero attached hydrogens (tertiary/aromatic N) is 2. The molecule has 0 aliphatic heterocycles. The largest absolute Gasteiger partial charge is 0.364 e. The number of rotatable bonds is 3. The van der Waals surface area contributed by atoms with Crippen LogP contribution in [0.2, 0.25) is 0 Å². The molecule has 1 aliphatic rings. The average molecular weight is 229 g/mol. The van der Waals surface area contributed by atoms with Crippen LogP contribution in [0.3, 0.4) is 0 Å². The predicted molar refractivity (Wildman–Crippen MR) is 60.7 cm³/mol. The maximum atomic E-state index is 12.0. The fourth-order valence-electron chi connectivity index (χ4n) is 1.70. The van der Waals surface area contributed by atoms with Crippen LogP contribution < -0.4 is 5.32 Å². The van der Waals surface area contributed by atoms with Crippen LogP contribution in [-0.4, -0.2) is 16.0 Å². The van der Waals surface area contributed by atoms with Gasteiger partial charge in [0, 0.05) is 12.1 Å².